The molecule has 0 bridgehead atoms. The number of urea groups is 1. The first-order valence-electron chi connectivity index (χ1n) is 9.21. The van der Waals surface area contributed by atoms with Gasteiger partial charge >= 0.3 is 6.03 Å². The Morgan fingerprint density at radius 2 is 2.00 bits per heavy atom. The van der Waals surface area contributed by atoms with E-state index in [1.165, 1.54) is 7.11 Å². The van der Waals surface area contributed by atoms with Gasteiger partial charge in [0.15, 0.2) is 0 Å². The van der Waals surface area contributed by atoms with E-state index in [1.54, 1.807) is 23.2 Å². The molecule has 8 nitrogen and oxygen atoms in total. The van der Waals surface area contributed by atoms with Crippen LogP contribution in [0.5, 0.6) is 5.88 Å². The van der Waals surface area contributed by atoms with Crippen LogP contribution in [-0.4, -0.2) is 54.2 Å². The fourth-order valence-corrected chi connectivity index (χ4v) is 3.62. The largest absolute Gasteiger partial charge is 0.480 e. The normalized spacial score (nSPS) is 14.1. The number of halogens is 1. The van der Waals surface area contributed by atoms with Crippen molar-refractivity contribution in [3.05, 3.63) is 47.6 Å². The van der Waals surface area contributed by atoms with Gasteiger partial charge in [-0.2, -0.15) is 0 Å². The van der Waals surface area contributed by atoms with Gasteiger partial charge in [0.2, 0.25) is 5.88 Å². The van der Waals surface area contributed by atoms with Gasteiger partial charge in [-0.1, -0.05) is 11.6 Å². The third-order valence-electron chi connectivity index (χ3n) is 4.88. The minimum absolute atomic E-state index is 0.179. The number of aromatic nitrogens is 2. The fraction of sp³-hybridized carbons (Fsp3) is 0.250. The Balaban J connectivity index is 1.47. The molecule has 1 fully saturated rings. The van der Waals surface area contributed by atoms with Gasteiger partial charge in [0, 0.05) is 54.5 Å². The summed E-state index contributed by atoms with van der Waals surface area (Å²) in [4.78, 5) is 25.1. The average Bonchev–Trinajstić information content (AvgIpc) is 2.73. The topological polar surface area (TPSA) is 96.6 Å². The molecule has 29 heavy (non-hydrogen) atoms. The van der Waals surface area contributed by atoms with Crippen LogP contribution >= 0.6 is 11.6 Å². The first-order valence-corrected chi connectivity index (χ1v) is 9.58. The Bertz CT molecular complexity index is 1050. The predicted octanol–water partition coefficient (Wildman–Crippen LogP) is 3.23. The molecule has 4 rings (SSSR count). The van der Waals surface area contributed by atoms with Crippen LogP contribution in [0.15, 0.2) is 42.6 Å². The quantitative estimate of drug-likeness (QED) is 0.685. The summed E-state index contributed by atoms with van der Waals surface area (Å²) in [5.41, 5.74) is 8.30. The van der Waals surface area contributed by atoms with Crippen molar-refractivity contribution in [3.63, 3.8) is 0 Å². The maximum absolute atomic E-state index is 12.7. The van der Waals surface area contributed by atoms with Gasteiger partial charge in [0.05, 0.1) is 12.6 Å². The minimum atomic E-state index is -0.179. The zero-order chi connectivity index (χ0) is 20.4. The average molecular weight is 413 g/mol. The zero-order valence-corrected chi connectivity index (χ0v) is 16.7. The van der Waals surface area contributed by atoms with Crippen LogP contribution in [0.25, 0.3) is 10.9 Å². The van der Waals surface area contributed by atoms with Gasteiger partial charge in [0.25, 0.3) is 0 Å². The Morgan fingerprint density at radius 1 is 1.21 bits per heavy atom. The van der Waals surface area contributed by atoms with Gasteiger partial charge in [-0.05, 0) is 30.3 Å². The third-order valence-corrected chi connectivity index (χ3v) is 5.12. The molecule has 1 aliphatic rings. The number of pyridine rings is 2. The number of benzene rings is 1. The second-order valence-corrected chi connectivity index (χ2v) is 7.13. The number of nitrogens with one attached hydrogen (secondary N) is 1. The summed E-state index contributed by atoms with van der Waals surface area (Å²) in [6, 6.07) is 10.8. The molecule has 2 aromatic heterocycles. The summed E-state index contributed by atoms with van der Waals surface area (Å²) in [6.45, 7) is 2.51. The molecule has 3 aromatic rings. The van der Waals surface area contributed by atoms with E-state index in [2.05, 4.69) is 20.2 Å². The van der Waals surface area contributed by atoms with Gasteiger partial charge in [-0.15, -0.1) is 0 Å². The van der Waals surface area contributed by atoms with Crippen molar-refractivity contribution >= 4 is 45.7 Å². The number of carbonyl (C=O) groups is 1. The number of amides is 2. The molecule has 1 aliphatic heterocycles. The molecule has 9 heteroatoms. The maximum atomic E-state index is 12.7. The number of nitrogens with zero attached hydrogens (tertiary/aromatic N) is 4. The van der Waals surface area contributed by atoms with Crippen LogP contribution in [0.4, 0.5) is 22.0 Å². The number of ether oxygens (including phenoxy) is 1. The molecule has 1 aromatic carbocycles. The standard InChI is InChI=1S/C20H21ClN6O2/c1-29-19-15(3-2-6-23-19)25-20(28)27-9-7-26(8-10-27)17-12-18(22)24-16-11-13(21)4-5-14(16)17/h2-6,11-12H,7-10H2,1H3,(H2,22,24)(H,25,28). The fourth-order valence-electron chi connectivity index (χ4n) is 3.46. The minimum Gasteiger partial charge on any atom is -0.480 e. The number of anilines is 3. The summed E-state index contributed by atoms with van der Waals surface area (Å²) in [5, 5.41) is 4.47. The third kappa shape index (κ3) is 3.97. The Morgan fingerprint density at radius 3 is 2.76 bits per heavy atom. The zero-order valence-electron chi connectivity index (χ0n) is 15.9. The number of nitrogen functional groups attached to an aromatic ring is 1. The Hall–Kier alpha value is -3.26. The van der Waals surface area contributed by atoms with E-state index in [0.717, 1.165) is 16.6 Å². The summed E-state index contributed by atoms with van der Waals surface area (Å²) >= 11 is 6.09. The van der Waals surface area contributed by atoms with Gasteiger partial charge in [0.1, 0.15) is 11.5 Å². The number of nitrogens with two attached hydrogens (primary N) is 1. The van der Waals surface area contributed by atoms with Crippen LogP contribution in [0.1, 0.15) is 0 Å². The molecule has 3 heterocycles. The number of piperazine rings is 1. The van der Waals surface area contributed by atoms with E-state index in [4.69, 9.17) is 22.1 Å². The molecule has 2 amide bonds. The molecular weight excluding hydrogens is 392 g/mol. The smallest absolute Gasteiger partial charge is 0.322 e. The van der Waals surface area contributed by atoms with E-state index < -0.39 is 0 Å². The number of hydrogen-bond donors (Lipinski definition) is 2. The SMILES string of the molecule is COc1ncccc1NC(=O)N1CCN(c2cc(N)nc3cc(Cl)ccc23)CC1. The molecular formula is C20H21ClN6O2. The maximum Gasteiger partial charge on any atom is 0.322 e. The van der Waals surface area contributed by atoms with Crippen molar-refractivity contribution < 1.29 is 9.53 Å². The van der Waals surface area contributed by atoms with Crippen LogP contribution in [-0.2, 0) is 0 Å². The van der Waals surface area contributed by atoms with Crippen LogP contribution in [0.3, 0.4) is 0 Å². The highest BCUT2D eigenvalue weighted by atomic mass is 35.5. The molecule has 0 spiro atoms. The monoisotopic (exact) mass is 412 g/mol. The summed E-state index contributed by atoms with van der Waals surface area (Å²) < 4.78 is 5.19. The second-order valence-electron chi connectivity index (χ2n) is 6.69. The van der Waals surface area contributed by atoms with E-state index in [-0.39, 0.29) is 6.03 Å². The molecule has 0 atom stereocenters. The first kappa shape index (κ1) is 19.1. The van der Waals surface area contributed by atoms with Gasteiger partial charge in [-0.25, -0.2) is 14.8 Å². The Labute approximate surface area is 173 Å². The lowest BCUT2D eigenvalue weighted by molar-refractivity contribution is 0.208. The molecule has 3 N–H and O–H groups in total. The van der Waals surface area contributed by atoms with Crippen molar-refractivity contribution in [1.29, 1.82) is 0 Å². The predicted molar refractivity (Wildman–Crippen MR) is 115 cm³/mol. The van der Waals surface area contributed by atoms with Crippen molar-refractivity contribution in [2.24, 2.45) is 0 Å². The van der Waals surface area contributed by atoms with E-state index in [9.17, 15) is 4.79 Å². The highest BCUT2D eigenvalue weighted by molar-refractivity contribution is 6.31. The van der Waals surface area contributed by atoms with Crippen molar-refractivity contribution in [3.8, 4) is 5.88 Å². The van der Waals surface area contributed by atoms with Crippen molar-refractivity contribution in [1.82, 2.24) is 14.9 Å². The number of hydrogen-bond acceptors (Lipinski definition) is 6. The number of methoxy groups -OCH3 is 1. The van der Waals surface area contributed by atoms with Crippen LogP contribution in [0.2, 0.25) is 5.02 Å². The lowest BCUT2D eigenvalue weighted by atomic mass is 10.1. The molecule has 0 aliphatic carbocycles. The Kier molecular flexibility index (Phi) is 5.26. The summed E-state index contributed by atoms with van der Waals surface area (Å²) in [5.74, 6) is 0.829. The molecule has 0 unspecified atom stereocenters. The van der Waals surface area contributed by atoms with Crippen molar-refractivity contribution in [2.75, 3.05) is 49.2 Å². The highest BCUT2D eigenvalue weighted by Gasteiger charge is 2.23. The van der Waals surface area contributed by atoms with Gasteiger partial charge < -0.3 is 25.6 Å². The first-order chi connectivity index (χ1) is 14.0. The summed E-state index contributed by atoms with van der Waals surface area (Å²) in [6.07, 6.45) is 1.62. The number of carbonyl (C=O) groups excluding carboxylic acids is 1. The van der Waals surface area contributed by atoms with Gasteiger partial charge in [-0.3, -0.25) is 0 Å². The lowest BCUT2D eigenvalue weighted by Crippen LogP contribution is -2.50. The van der Waals surface area contributed by atoms with Crippen LogP contribution < -0.4 is 20.7 Å². The van der Waals surface area contributed by atoms with E-state index in [1.807, 2.05) is 24.3 Å². The van der Waals surface area contributed by atoms with E-state index in [0.29, 0.717) is 48.6 Å². The molecule has 0 saturated carbocycles. The van der Waals surface area contributed by atoms with E-state index >= 15 is 0 Å². The second kappa shape index (κ2) is 8.00. The summed E-state index contributed by atoms with van der Waals surface area (Å²) in [7, 11) is 1.52. The van der Waals surface area contributed by atoms with Crippen molar-refractivity contribution in [2.45, 2.75) is 0 Å². The molecule has 0 radical (unpaired) electrons. The molecule has 1 saturated heterocycles. The number of fused-ring (bicyclic) bond motifs is 1. The molecule has 150 valence electrons. The number of rotatable bonds is 3. The lowest BCUT2D eigenvalue weighted by Gasteiger charge is -2.36. The van der Waals surface area contributed by atoms with Crippen LogP contribution in [0, 0.1) is 0 Å². The highest BCUT2D eigenvalue weighted by Crippen LogP contribution is 2.30.